The quantitative estimate of drug-likeness (QED) is 0.656. The third-order valence-electron chi connectivity index (χ3n) is 2.76. The second-order valence-electron chi connectivity index (χ2n) is 4.20. The van der Waals surface area contributed by atoms with Gasteiger partial charge in [0.25, 0.3) is 0 Å². The normalized spacial score (nSPS) is 26.3. The molecule has 0 aliphatic carbocycles. The molecule has 4 heteroatoms. The van der Waals surface area contributed by atoms with Crippen LogP contribution in [-0.2, 0) is 9.53 Å². The minimum atomic E-state index is 0.00370. The number of hydrogen-bond donors (Lipinski definition) is 2. The Morgan fingerprint density at radius 2 is 2.40 bits per heavy atom. The number of nitrogens with one attached hydrogen (secondary N) is 2. The number of hydrogen-bond acceptors (Lipinski definition) is 3. The summed E-state index contributed by atoms with van der Waals surface area (Å²) in [6.07, 6.45) is 2.08. The third kappa shape index (κ3) is 4.62. The molecule has 0 bridgehead atoms. The van der Waals surface area contributed by atoms with Crippen molar-refractivity contribution in [3.05, 3.63) is 0 Å². The van der Waals surface area contributed by atoms with Crippen LogP contribution >= 0.6 is 0 Å². The van der Waals surface area contributed by atoms with Crippen LogP contribution in [0.5, 0.6) is 0 Å². The summed E-state index contributed by atoms with van der Waals surface area (Å²) >= 11 is 0. The van der Waals surface area contributed by atoms with Gasteiger partial charge < -0.3 is 15.4 Å². The van der Waals surface area contributed by atoms with Gasteiger partial charge in [-0.25, -0.2) is 0 Å². The van der Waals surface area contributed by atoms with Crippen molar-refractivity contribution in [3.63, 3.8) is 0 Å². The fraction of sp³-hybridized carbons (Fsp3) is 0.909. The van der Waals surface area contributed by atoms with Crippen molar-refractivity contribution in [1.29, 1.82) is 0 Å². The van der Waals surface area contributed by atoms with E-state index >= 15 is 0 Å². The molecular weight excluding hydrogens is 192 g/mol. The molecule has 0 spiro atoms. The lowest BCUT2D eigenvalue weighted by Crippen LogP contribution is -2.51. The zero-order chi connectivity index (χ0) is 11.1. The molecule has 2 atom stereocenters. The first-order valence-corrected chi connectivity index (χ1v) is 5.82. The Labute approximate surface area is 91.8 Å². The Morgan fingerprint density at radius 3 is 3.07 bits per heavy atom. The Kier molecular flexibility index (Phi) is 5.65. The van der Waals surface area contributed by atoms with Crippen LogP contribution in [0.15, 0.2) is 0 Å². The SMILES string of the molecule is CCCOCC(=O)NC1CNCCC1C. The molecule has 0 aromatic heterocycles. The van der Waals surface area contributed by atoms with E-state index in [0.717, 1.165) is 25.9 Å². The van der Waals surface area contributed by atoms with Gasteiger partial charge in [0.1, 0.15) is 6.61 Å². The van der Waals surface area contributed by atoms with Crippen LogP contribution in [0.25, 0.3) is 0 Å². The van der Waals surface area contributed by atoms with E-state index in [0.29, 0.717) is 12.5 Å². The van der Waals surface area contributed by atoms with Gasteiger partial charge in [-0.05, 0) is 25.3 Å². The van der Waals surface area contributed by atoms with E-state index < -0.39 is 0 Å². The molecule has 1 saturated heterocycles. The van der Waals surface area contributed by atoms with Gasteiger partial charge in [-0.15, -0.1) is 0 Å². The number of ether oxygens (including phenoxy) is 1. The molecular formula is C11H22N2O2. The van der Waals surface area contributed by atoms with Crippen molar-refractivity contribution in [2.75, 3.05) is 26.3 Å². The smallest absolute Gasteiger partial charge is 0.246 e. The van der Waals surface area contributed by atoms with Gasteiger partial charge >= 0.3 is 0 Å². The summed E-state index contributed by atoms with van der Waals surface area (Å²) < 4.78 is 5.19. The highest BCUT2D eigenvalue weighted by Gasteiger charge is 2.22. The first-order valence-electron chi connectivity index (χ1n) is 5.82. The second kappa shape index (κ2) is 6.80. The molecule has 1 aliphatic rings. The monoisotopic (exact) mass is 214 g/mol. The molecule has 0 radical (unpaired) electrons. The predicted molar refractivity (Wildman–Crippen MR) is 59.7 cm³/mol. The first-order chi connectivity index (χ1) is 7.24. The topological polar surface area (TPSA) is 50.4 Å². The summed E-state index contributed by atoms with van der Waals surface area (Å²) in [7, 11) is 0. The van der Waals surface area contributed by atoms with E-state index in [-0.39, 0.29) is 18.6 Å². The van der Waals surface area contributed by atoms with Gasteiger partial charge in [-0.1, -0.05) is 13.8 Å². The highest BCUT2D eigenvalue weighted by molar-refractivity contribution is 5.77. The summed E-state index contributed by atoms with van der Waals surface area (Å²) in [5, 5.41) is 6.28. The van der Waals surface area contributed by atoms with Crippen LogP contribution in [0.4, 0.5) is 0 Å². The zero-order valence-electron chi connectivity index (χ0n) is 9.71. The summed E-state index contributed by atoms with van der Waals surface area (Å²) in [5.74, 6) is 0.561. The number of piperidine rings is 1. The van der Waals surface area contributed by atoms with Gasteiger partial charge in [0.2, 0.25) is 5.91 Å². The van der Waals surface area contributed by atoms with Crippen LogP contribution in [0.1, 0.15) is 26.7 Å². The highest BCUT2D eigenvalue weighted by atomic mass is 16.5. The lowest BCUT2D eigenvalue weighted by molar-refractivity contribution is -0.126. The average molecular weight is 214 g/mol. The van der Waals surface area contributed by atoms with Crippen molar-refractivity contribution >= 4 is 5.91 Å². The van der Waals surface area contributed by atoms with Crippen LogP contribution in [-0.4, -0.2) is 38.3 Å². The van der Waals surface area contributed by atoms with E-state index in [1.165, 1.54) is 0 Å². The van der Waals surface area contributed by atoms with Crippen molar-refractivity contribution < 1.29 is 9.53 Å². The fourth-order valence-electron chi connectivity index (χ4n) is 1.74. The molecule has 88 valence electrons. The molecule has 2 unspecified atom stereocenters. The fourth-order valence-corrected chi connectivity index (χ4v) is 1.74. The molecule has 1 amide bonds. The van der Waals surface area contributed by atoms with E-state index in [1.807, 2.05) is 6.92 Å². The van der Waals surface area contributed by atoms with E-state index in [1.54, 1.807) is 0 Å². The Balaban J connectivity index is 2.18. The minimum absolute atomic E-state index is 0.00370. The van der Waals surface area contributed by atoms with Gasteiger partial charge in [-0.3, -0.25) is 4.79 Å². The van der Waals surface area contributed by atoms with Crippen LogP contribution < -0.4 is 10.6 Å². The van der Waals surface area contributed by atoms with Gasteiger partial charge in [0.05, 0.1) is 0 Å². The second-order valence-corrected chi connectivity index (χ2v) is 4.20. The van der Waals surface area contributed by atoms with Crippen molar-refractivity contribution in [2.24, 2.45) is 5.92 Å². The molecule has 15 heavy (non-hydrogen) atoms. The molecule has 0 aromatic rings. The van der Waals surface area contributed by atoms with Crippen molar-refractivity contribution in [2.45, 2.75) is 32.7 Å². The lowest BCUT2D eigenvalue weighted by Gasteiger charge is -2.30. The highest BCUT2D eigenvalue weighted by Crippen LogP contribution is 2.10. The Hall–Kier alpha value is -0.610. The summed E-state index contributed by atoms with van der Waals surface area (Å²) in [5.41, 5.74) is 0. The van der Waals surface area contributed by atoms with Crippen LogP contribution in [0.2, 0.25) is 0 Å². The third-order valence-corrected chi connectivity index (χ3v) is 2.76. The van der Waals surface area contributed by atoms with Gasteiger partial charge in [-0.2, -0.15) is 0 Å². The maximum absolute atomic E-state index is 11.5. The Morgan fingerprint density at radius 1 is 1.60 bits per heavy atom. The van der Waals surface area contributed by atoms with E-state index in [4.69, 9.17) is 4.74 Å². The van der Waals surface area contributed by atoms with Crippen LogP contribution in [0.3, 0.4) is 0 Å². The maximum atomic E-state index is 11.5. The minimum Gasteiger partial charge on any atom is -0.372 e. The predicted octanol–water partition coefficient (Wildman–Crippen LogP) is 0.527. The average Bonchev–Trinajstić information content (AvgIpc) is 2.22. The maximum Gasteiger partial charge on any atom is 0.246 e. The van der Waals surface area contributed by atoms with Crippen LogP contribution in [0, 0.1) is 5.92 Å². The molecule has 1 heterocycles. The first kappa shape index (κ1) is 12.5. The molecule has 4 nitrogen and oxygen atoms in total. The number of carbonyl (C=O) groups excluding carboxylic acids is 1. The van der Waals surface area contributed by atoms with E-state index in [9.17, 15) is 4.79 Å². The van der Waals surface area contributed by atoms with Gasteiger partial charge in [0.15, 0.2) is 0 Å². The summed E-state index contributed by atoms with van der Waals surface area (Å²) in [4.78, 5) is 11.5. The standard InChI is InChI=1S/C11H22N2O2/c1-3-6-15-8-11(14)13-10-7-12-5-4-9(10)2/h9-10,12H,3-8H2,1-2H3,(H,13,14). The molecule has 0 saturated carbocycles. The van der Waals surface area contributed by atoms with Crippen molar-refractivity contribution in [1.82, 2.24) is 10.6 Å². The number of amides is 1. The van der Waals surface area contributed by atoms with E-state index in [2.05, 4.69) is 17.6 Å². The zero-order valence-corrected chi connectivity index (χ0v) is 9.71. The Bertz CT molecular complexity index is 197. The summed E-state index contributed by atoms with van der Waals surface area (Å²) in [6.45, 7) is 6.99. The molecule has 1 rings (SSSR count). The summed E-state index contributed by atoms with van der Waals surface area (Å²) in [6, 6.07) is 0.261. The molecule has 2 N–H and O–H groups in total. The number of rotatable bonds is 5. The largest absolute Gasteiger partial charge is 0.372 e. The van der Waals surface area contributed by atoms with Crippen molar-refractivity contribution in [3.8, 4) is 0 Å². The lowest BCUT2D eigenvalue weighted by atomic mass is 9.95. The number of carbonyl (C=O) groups is 1. The molecule has 1 fully saturated rings. The molecule has 1 aliphatic heterocycles. The van der Waals surface area contributed by atoms with Gasteiger partial charge in [0, 0.05) is 19.2 Å². The molecule has 0 aromatic carbocycles.